The molecule has 3 heterocycles. The lowest BCUT2D eigenvalue weighted by Crippen LogP contribution is -2.13. The first-order valence-electron chi connectivity index (χ1n) is 7.61. The molecule has 10 heteroatoms. The van der Waals surface area contributed by atoms with Crippen molar-refractivity contribution < 1.29 is 22.4 Å². The Morgan fingerprint density at radius 2 is 2.19 bits per heavy atom. The van der Waals surface area contributed by atoms with Crippen LogP contribution in [0.3, 0.4) is 0 Å². The summed E-state index contributed by atoms with van der Waals surface area (Å²) in [7, 11) is -3.60. The lowest BCUT2D eigenvalue weighted by molar-refractivity contribution is 0.174. The molecular weight excluding hydrogens is 400 g/mol. The summed E-state index contributed by atoms with van der Waals surface area (Å²) in [5, 5.41) is 5.11. The first kappa shape index (κ1) is 17.3. The fourth-order valence-corrected chi connectivity index (χ4v) is 4.74. The van der Waals surface area contributed by atoms with Crippen molar-refractivity contribution >= 4 is 32.8 Å². The van der Waals surface area contributed by atoms with E-state index in [-0.39, 0.29) is 18.4 Å². The van der Waals surface area contributed by atoms with Gasteiger partial charge in [0.1, 0.15) is 5.25 Å². The normalized spacial score (nSPS) is 14.5. The average molecular weight is 413 g/mol. The van der Waals surface area contributed by atoms with Gasteiger partial charge in [-0.1, -0.05) is 22.8 Å². The average Bonchev–Trinajstić information content (AvgIpc) is 3.33. The highest BCUT2D eigenvalue weighted by atomic mass is 35.5. The Hall–Kier alpha value is -2.10. The predicted octanol–water partition coefficient (Wildman–Crippen LogP) is 3.86. The maximum atomic E-state index is 12.8. The number of hydrogen-bond acceptors (Lipinski definition) is 8. The molecule has 4 rings (SSSR count). The zero-order chi connectivity index (χ0) is 18.3. The van der Waals surface area contributed by atoms with Gasteiger partial charge in [0.25, 0.3) is 0 Å². The van der Waals surface area contributed by atoms with Gasteiger partial charge < -0.3 is 14.0 Å². The van der Waals surface area contributed by atoms with Crippen LogP contribution in [0.1, 0.15) is 23.6 Å². The molecule has 26 heavy (non-hydrogen) atoms. The molecule has 0 saturated heterocycles. The number of aromatic nitrogens is 2. The molecule has 1 aromatic carbocycles. The van der Waals surface area contributed by atoms with Gasteiger partial charge in [-0.3, -0.25) is 0 Å². The van der Waals surface area contributed by atoms with Gasteiger partial charge in [-0.15, -0.1) is 11.3 Å². The molecule has 0 amide bonds. The van der Waals surface area contributed by atoms with Crippen molar-refractivity contribution in [2.75, 3.05) is 6.79 Å². The van der Waals surface area contributed by atoms with Crippen LogP contribution in [0.5, 0.6) is 11.5 Å². The maximum Gasteiger partial charge on any atom is 0.245 e. The summed E-state index contributed by atoms with van der Waals surface area (Å²) < 4.78 is 41.2. The van der Waals surface area contributed by atoms with Crippen molar-refractivity contribution in [1.82, 2.24) is 10.1 Å². The van der Waals surface area contributed by atoms with Gasteiger partial charge in [0.15, 0.2) is 21.3 Å². The first-order valence-corrected chi connectivity index (χ1v) is 10.6. The van der Waals surface area contributed by atoms with Gasteiger partial charge in [-0.25, -0.2) is 8.42 Å². The maximum absolute atomic E-state index is 12.8. The minimum Gasteiger partial charge on any atom is -0.454 e. The minimum absolute atomic E-state index is 0.0558. The third kappa shape index (κ3) is 3.17. The summed E-state index contributed by atoms with van der Waals surface area (Å²) in [6, 6.07) is 6.88. The lowest BCUT2D eigenvalue weighted by Gasteiger charge is -2.10. The molecule has 0 aliphatic carbocycles. The topological polar surface area (TPSA) is 91.5 Å². The van der Waals surface area contributed by atoms with E-state index in [1.54, 1.807) is 12.1 Å². The SMILES string of the molecule is C[C@H](c1nc(-c2cccs2)no1)S(=O)(=O)Cc1cc(Cl)c2c(c1)OCO2. The van der Waals surface area contributed by atoms with Crippen molar-refractivity contribution in [3.05, 3.63) is 46.1 Å². The molecule has 1 aliphatic heterocycles. The zero-order valence-electron chi connectivity index (χ0n) is 13.5. The van der Waals surface area contributed by atoms with E-state index in [2.05, 4.69) is 10.1 Å². The van der Waals surface area contributed by atoms with E-state index < -0.39 is 15.1 Å². The lowest BCUT2D eigenvalue weighted by atomic mass is 10.2. The number of sulfone groups is 1. The molecule has 0 unspecified atom stereocenters. The van der Waals surface area contributed by atoms with Crippen LogP contribution in [-0.2, 0) is 15.6 Å². The summed E-state index contributed by atoms with van der Waals surface area (Å²) in [6.07, 6.45) is 0. The van der Waals surface area contributed by atoms with Crippen LogP contribution in [0.2, 0.25) is 5.02 Å². The van der Waals surface area contributed by atoms with Gasteiger partial charge >= 0.3 is 0 Å². The Labute approximate surface area is 158 Å². The number of rotatable bonds is 5. The fraction of sp³-hybridized carbons (Fsp3) is 0.250. The number of ether oxygens (including phenoxy) is 2. The van der Waals surface area contributed by atoms with Gasteiger partial charge in [-0.2, -0.15) is 4.98 Å². The minimum atomic E-state index is -3.60. The Morgan fingerprint density at radius 1 is 1.35 bits per heavy atom. The van der Waals surface area contributed by atoms with Crippen LogP contribution in [0.25, 0.3) is 10.7 Å². The number of halogens is 1. The van der Waals surface area contributed by atoms with Crippen LogP contribution in [0.15, 0.2) is 34.2 Å². The van der Waals surface area contributed by atoms with E-state index in [9.17, 15) is 8.42 Å². The highest BCUT2D eigenvalue weighted by molar-refractivity contribution is 7.90. The zero-order valence-corrected chi connectivity index (χ0v) is 15.9. The van der Waals surface area contributed by atoms with Gasteiger partial charge in [0, 0.05) is 0 Å². The molecule has 0 bridgehead atoms. The van der Waals surface area contributed by atoms with Crippen LogP contribution in [-0.4, -0.2) is 25.4 Å². The van der Waals surface area contributed by atoms with Crippen molar-refractivity contribution in [3.63, 3.8) is 0 Å². The van der Waals surface area contributed by atoms with Gasteiger partial charge in [-0.05, 0) is 36.1 Å². The highest BCUT2D eigenvalue weighted by Crippen LogP contribution is 2.40. The molecule has 1 aliphatic rings. The van der Waals surface area contributed by atoms with Crippen molar-refractivity contribution in [2.45, 2.75) is 17.9 Å². The third-order valence-corrected chi connectivity index (χ3v) is 7.09. The van der Waals surface area contributed by atoms with Crippen molar-refractivity contribution in [3.8, 4) is 22.2 Å². The number of hydrogen-bond donors (Lipinski definition) is 0. The molecule has 0 fully saturated rings. The van der Waals surface area contributed by atoms with Gasteiger partial charge in [0.05, 0.1) is 15.7 Å². The fourth-order valence-electron chi connectivity index (χ4n) is 2.52. The Kier molecular flexibility index (Phi) is 4.37. The Balaban J connectivity index is 1.58. The number of nitrogens with zero attached hydrogens (tertiary/aromatic N) is 2. The standard InChI is InChI=1S/C16H13ClN2O5S2/c1-9(16-18-15(19-24-16)13-3-2-4-25-13)26(20,21)7-10-5-11(17)14-12(6-10)22-8-23-14/h2-6,9H,7-8H2,1H3/t9-/m1/s1. The number of fused-ring (bicyclic) bond motifs is 1. The molecule has 0 radical (unpaired) electrons. The van der Waals surface area contributed by atoms with E-state index in [4.69, 9.17) is 25.6 Å². The summed E-state index contributed by atoms with van der Waals surface area (Å²) >= 11 is 7.57. The van der Waals surface area contributed by atoms with E-state index >= 15 is 0 Å². The van der Waals surface area contributed by atoms with E-state index in [0.29, 0.717) is 27.9 Å². The van der Waals surface area contributed by atoms with Crippen molar-refractivity contribution in [1.29, 1.82) is 0 Å². The second-order valence-electron chi connectivity index (χ2n) is 5.69. The third-order valence-electron chi connectivity index (χ3n) is 3.92. The van der Waals surface area contributed by atoms with Gasteiger partial charge in [0.2, 0.25) is 18.5 Å². The summed E-state index contributed by atoms with van der Waals surface area (Å²) in [5.74, 6) is 1.07. The van der Waals surface area contributed by atoms with Crippen LogP contribution < -0.4 is 9.47 Å². The second-order valence-corrected chi connectivity index (χ2v) is 9.37. The predicted molar refractivity (Wildman–Crippen MR) is 96.2 cm³/mol. The van der Waals surface area contributed by atoms with E-state index in [0.717, 1.165) is 4.88 Å². The molecule has 3 aromatic rings. The molecule has 0 saturated carbocycles. The first-order chi connectivity index (χ1) is 12.4. The molecule has 136 valence electrons. The molecule has 0 spiro atoms. The Morgan fingerprint density at radius 3 is 2.96 bits per heavy atom. The van der Waals surface area contributed by atoms with Crippen LogP contribution in [0.4, 0.5) is 0 Å². The second kappa shape index (κ2) is 6.57. The molecule has 2 aromatic heterocycles. The van der Waals surface area contributed by atoms with Crippen LogP contribution in [0, 0.1) is 0 Å². The highest BCUT2D eigenvalue weighted by Gasteiger charge is 2.30. The summed E-state index contributed by atoms with van der Waals surface area (Å²) in [6.45, 7) is 1.59. The van der Waals surface area contributed by atoms with E-state index in [1.165, 1.54) is 18.3 Å². The number of benzene rings is 1. The molecule has 1 atom stereocenters. The van der Waals surface area contributed by atoms with Crippen molar-refractivity contribution in [2.24, 2.45) is 0 Å². The summed E-state index contributed by atoms with van der Waals surface area (Å²) in [5.41, 5.74) is 0.504. The molecular formula is C16H13ClN2O5S2. The molecule has 7 nitrogen and oxygen atoms in total. The quantitative estimate of drug-likeness (QED) is 0.628. The number of thiophene rings is 1. The van der Waals surface area contributed by atoms with Crippen LogP contribution >= 0.6 is 22.9 Å². The van der Waals surface area contributed by atoms with E-state index in [1.807, 2.05) is 17.5 Å². The monoisotopic (exact) mass is 412 g/mol. The smallest absolute Gasteiger partial charge is 0.245 e. The molecule has 0 N–H and O–H groups in total. The summed E-state index contributed by atoms with van der Waals surface area (Å²) in [4.78, 5) is 5.03. The largest absolute Gasteiger partial charge is 0.454 e. The Bertz CT molecular complexity index is 1050.